The fraction of sp³-hybridized carbons (Fsp3) is 0.267. The van der Waals surface area contributed by atoms with Gasteiger partial charge in [-0.3, -0.25) is 4.79 Å². The number of aromatic nitrogens is 2. The first kappa shape index (κ1) is 14.0. The SMILES string of the molecule is CCCc1ccc(-n2cc(C)c(=O)c(C(=O)O)n2)cc1. The van der Waals surface area contributed by atoms with Crippen LogP contribution in [0.25, 0.3) is 5.69 Å². The second-order valence-corrected chi connectivity index (χ2v) is 4.66. The van der Waals surface area contributed by atoms with Crippen molar-refractivity contribution < 1.29 is 9.90 Å². The van der Waals surface area contributed by atoms with Gasteiger partial charge in [-0.15, -0.1) is 0 Å². The van der Waals surface area contributed by atoms with E-state index in [1.54, 1.807) is 13.1 Å². The summed E-state index contributed by atoms with van der Waals surface area (Å²) in [6.07, 6.45) is 3.61. The summed E-state index contributed by atoms with van der Waals surface area (Å²) < 4.78 is 1.43. The van der Waals surface area contributed by atoms with E-state index in [-0.39, 0.29) is 0 Å². The zero-order valence-electron chi connectivity index (χ0n) is 11.5. The maximum Gasteiger partial charge on any atom is 0.360 e. The van der Waals surface area contributed by atoms with Gasteiger partial charge in [0, 0.05) is 11.8 Å². The van der Waals surface area contributed by atoms with Crippen molar-refractivity contribution >= 4 is 5.97 Å². The first-order chi connectivity index (χ1) is 9.52. The monoisotopic (exact) mass is 272 g/mol. The molecular weight excluding hydrogens is 256 g/mol. The zero-order chi connectivity index (χ0) is 14.7. The Hall–Kier alpha value is -2.43. The van der Waals surface area contributed by atoms with Crippen LogP contribution in [0.2, 0.25) is 0 Å². The zero-order valence-corrected chi connectivity index (χ0v) is 11.5. The molecule has 5 heteroatoms. The molecule has 0 aliphatic heterocycles. The Balaban J connectivity index is 2.47. The van der Waals surface area contributed by atoms with Crippen molar-refractivity contribution in [1.82, 2.24) is 9.78 Å². The molecule has 0 saturated heterocycles. The highest BCUT2D eigenvalue weighted by Gasteiger charge is 2.14. The van der Waals surface area contributed by atoms with Crippen LogP contribution in [-0.2, 0) is 6.42 Å². The lowest BCUT2D eigenvalue weighted by molar-refractivity contribution is 0.0686. The van der Waals surface area contributed by atoms with Crippen LogP contribution in [0.4, 0.5) is 0 Å². The molecule has 0 fully saturated rings. The first-order valence-corrected chi connectivity index (χ1v) is 6.46. The van der Waals surface area contributed by atoms with E-state index in [9.17, 15) is 9.59 Å². The minimum absolute atomic E-state index is 0.357. The van der Waals surface area contributed by atoms with Crippen molar-refractivity contribution in [2.24, 2.45) is 0 Å². The van der Waals surface area contributed by atoms with E-state index in [0.29, 0.717) is 5.56 Å². The highest BCUT2D eigenvalue weighted by atomic mass is 16.4. The predicted molar refractivity (Wildman–Crippen MR) is 75.5 cm³/mol. The highest BCUT2D eigenvalue weighted by molar-refractivity contribution is 5.85. The molecule has 0 aliphatic rings. The standard InChI is InChI=1S/C15H16N2O3/c1-3-4-11-5-7-12(8-6-11)17-9-10(2)14(18)13(16-17)15(19)20/h5-9H,3-4H2,1-2H3,(H,19,20). The third-order valence-corrected chi connectivity index (χ3v) is 3.04. The molecule has 0 atom stereocenters. The molecule has 0 amide bonds. The maximum absolute atomic E-state index is 11.7. The van der Waals surface area contributed by atoms with Crippen molar-refractivity contribution in [3.8, 4) is 5.69 Å². The number of carbonyl (C=O) groups is 1. The van der Waals surface area contributed by atoms with Crippen LogP contribution in [0, 0.1) is 6.92 Å². The molecule has 5 nitrogen and oxygen atoms in total. The van der Waals surface area contributed by atoms with Gasteiger partial charge >= 0.3 is 5.97 Å². The van der Waals surface area contributed by atoms with E-state index in [2.05, 4.69) is 12.0 Å². The van der Waals surface area contributed by atoms with Gasteiger partial charge in [0.15, 0.2) is 0 Å². The van der Waals surface area contributed by atoms with Gasteiger partial charge in [0.2, 0.25) is 11.1 Å². The topological polar surface area (TPSA) is 72.2 Å². The van der Waals surface area contributed by atoms with Gasteiger partial charge in [-0.2, -0.15) is 5.10 Å². The van der Waals surface area contributed by atoms with Gasteiger partial charge < -0.3 is 5.11 Å². The second-order valence-electron chi connectivity index (χ2n) is 4.66. The Labute approximate surface area is 116 Å². The molecule has 1 aromatic heterocycles. The fourth-order valence-electron chi connectivity index (χ4n) is 1.99. The summed E-state index contributed by atoms with van der Waals surface area (Å²) in [6, 6.07) is 7.70. The van der Waals surface area contributed by atoms with Crippen molar-refractivity contribution in [3.63, 3.8) is 0 Å². The van der Waals surface area contributed by atoms with E-state index >= 15 is 0 Å². The van der Waals surface area contributed by atoms with Gasteiger partial charge in [-0.25, -0.2) is 9.48 Å². The van der Waals surface area contributed by atoms with Crippen molar-refractivity contribution in [2.45, 2.75) is 26.7 Å². The Morgan fingerprint density at radius 3 is 2.50 bits per heavy atom. The Morgan fingerprint density at radius 2 is 1.95 bits per heavy atom. The van der Waals surface area contributed by atoms with E-state index in [4.69, 9.17) is 5.11 Å². The number of benzene rings is 1. The van der Waals surface area contributed by atoms with Crippen LogP contribution in [0.5, 0.6) is 0 Å². The molecule has 1 heterocycles. The van der Waals surface area contributed by atoms with E-state index < -0.39 is 17.1 Å². The summed E-state index contributed by atoms with van der Waals surface area (Å²) in [4.78, 5) is 22.7. The summed E-state index contributed by atoms with van der Waals surface area (Å²) in [6.45, 7) is 3.69. The van der Waals surface area contributed by atoms with Gasteiger partial charge in [0.05, 0.1) is 5.69 Å². The van der Waals surface area contributed by atoms with Gasteiger partial charge in [-0.1, -0.05) is 25.5 Å². The molecule has 2 rings (SSSR count). The van der Waals surface area contributed by atoms with Crippen LogP contribution >= 0.6 is 0 Å². The number of rotatable bonds is 4. The number of carboxylic acids is 1. The Bertz CT molecular complexity index is 687. The van der Waals surface area contributed by atoms with E-state index in [0.717, 1.165) is 18.5 Å². The third kappa shape index (κ3) is 2.77. The van der Waals surface area contributed by atoms with Crippen LogP contribution in [-0.4, -0.2) is 20.9 Å². The van der Waals surface area contributed by atoms with Gasteiger partial charge in [0.1, 0.15) is 0 Å². The summed E-state index contributed by atoms with van der Waals surface area (Å²) in [5, 5.41) is 12.9. The van der Waals surface area contributed by atoms with Crippen LogP contribution in [0.15, 0.2) is 35.3 Å². The molecule has 1 aromatic carbocycles. The normalized spacial score (nSPS) is 10.5. The van der Waals surface area contributed by atoms with Crippen LogP contribution < -0.4 is 5.43 Å². The number of hydrogen-bond donors (Lipinski definition) is 1. The molecule has 0 aliphatic carbocycles. The summed E-state index contributed by atoms with van der Waals surface area (Å²) >= 11 is 0. The lowest BCUT2D eigenvalue weighted by atomic mass is 10.1. The highest BCUT2D eigenvalue weighted by Crippen LogP contribution is 2.10. The predicted octanol–water partition coefficient (Wildman–Crippen LogP) is 2.19. The third-order valence-electron chi connectivity index (χ3n) is 3.04. The average molecular weight is 272 g/mol. The fourth-order valence-corrected chi connectivity index (χ4v) is 1.99. The molecule has 0 spiro atoms. The number of aromatic carboxylic acids is 1. The van der Waals surface area contributed by atoms with Crippen molar-refractivity contribution in [3.05, 3.63) is 57.5 Å². The number of hydrogen-bond acceptors (Lipinski definition) is 3. The summed E-state index contributed by atoms with van der Waals surface area (Å²) in [5.41, 5.74) is 1.30. The molecule has 0 unspecified atom stereocenters. The van der Waals surface area contributed by atoms with Crippen LogP contribution in [0.1, 0.15) is 35.0 Å². The molecule has 0 saturated carbocycles. The number of aryl methyl sites for hydroxylation is 2. The largest absolute Gasteiger partial charge is 0.476 e. The molecule has 1 N–H and O–H groups in total. The van der Waals surface area contributed by atoms with Crippen LogP contribution in [0.3, 0.4) is 0 Å². The Kier molecular flexibility index (Phi) is 3.98. The molecule has 104 valence electrons. The molecule has 20 heavy (non-hydrogen) atoms. The van der Waals surface area contributed by atoms with Gasteiger partial charge in [-0.05, 0) is 31.0 Å². The van der Waals surface area contributed by atoms with Crippen molar-refractivity contribution in [2.75, 3.05) is 0 Å². The minimum Gasteiger partial charge on any atom is -0.476 e. The molecule has 0 radical (unpaired) electrons. The average Bonchev–Trinajstić information content (AvgIpc) is 2.42. The molecule has 0 bridgehead atoms. The Morgan fingerprint density at radius 1 is 1.30 bits per heavy atom. The summed E-state index contributed by atoms with van der Waals surface area (Å²) in [7, 11) is 0. The second kappa shape index (κ2) is 5.69. The summed E-state index contributed by atoms with van der Waals surface area (Å²) in [5.74, 6) is -1.31. The maximum atomic E-state index is 11.7. The number of carboxylic acid groups (broad SMARTS) is 1. The van der Waals surface area contributed by atoms with E-state index in [1.807, 2.05) is 24.3 Å². The quantitative estimate of drug-likeness (QED) is 0.926. The van der Waals surface area contributed by atoms with Gasteiger partial charge in [0.25, 0.3) is 0 Å². The van der Waals surface area contributed by atoms with Crippen molar-refractivity contribution in [1.29, 1.82) is 0 Å². The minimum atomic E-state index is -1.31. The lowest BCUT2D eigenvalue weighted by Crippen LogP contribution is -2.23. The smallest absolute Gasteiger partial charge is 0.360 e. The molecular formula is C15H16N2O3. The lowest BCUT2D eigenvalue weighted by Gasteiger charge is -2.08. The number of nitrogens with zero attached hydrogens (tertiary/aromatic N) is 2. The van der Waals surface area contributed by atoms with E-state index in [1.165, 1.54) is 10.2 Å². The molecule has 2 aromatic rings. The first-order valence-electron chi connectivity index (χ1n) is 6.46.